The monoisotopic (exact) mass is 377 g/mol. The van der Waals surface area contributed by atoms with E-state index in [-0.39, 0.29) is 11.6 Å². The molecule has 0 aliphatic heterocycles. The van der Waals surface area contributed by atoms with Crippen LogP contribution >= 0.6 is 23.5 Å². The Morgan fingerprint density at radius 3 is 2.76 bits per heavy atom. The van der Waals surface area contributed by atoms with Crippen LogP contribution in [0.5, 0.6) is 0 Å². The molecular weight excluding hydrogens is 365 g/mol. The van der Waals surface area contributed by atoms with Crippen molar-refractivity contribution in [2.45, 2.75) is 4.90 Å². The summed E-state index contributed by atoms with van der Waals surface area (Å²) >= 11 is 2.26. The van der Waals surface area contributed by atoms with E-state index in [9.17, 15) is 14.0 Å². The fourth-order valence-electron chi connectivity index (χ4n) is 1.95. The summed E-state index contributed by atoms with van der Waals surface area (Å²) in [5, 5.41) is 2.65. The van der Waals surface area contributed by atoms with E-state index in [1.807, 2.05) is 0 Å². The van der Waals surface area contributed by atoms with Crippen molar-refractivity contribution >= 4 is 52.1 Å². The van der Waals surface area contributed by atoms with Gasteiger partial charge >= 0.3 is 5.97 Å². The number of aromatic nitrogens is 2. The number of thioether (sulfide) groups is 1. The maximum Gasteiger partial charge on any atom is 0.316 e. The Kier molecular flexibility index (Phi) is 5.56. The number of hydrogen-bond donors (Lipinski definition) is 1. The summed E-state index contributed by atoms with van der Waals surface area (Å²) in [6, 6.07) is 11.0. The van der Waals surface area contributed by atoms with Crippen LogP contribution < -0.4 is 5.32 Å². The molecule has 0 bridgehead atoms. The van der Waals surface area contributed by atoms with Crippen molar-refractivity contribution in [1.82, 2.24) is 8.75 Å². The second-order valence-corrected chi connectivity index (χ2v) is 6.47. The van der Waals surface area contributed by atoms with Crippen molar-refractivity contribution in [2.24, 2.45) is 0 Å². The van der Waals surface area contributed by atoms with Gasteiger partial charge in [-0.05, 0) is 36.4 Å². The van der Waals surface area contributed by atoms with Crippen molar-refractivity contribution in [3.8, 4) is 0 Å². The third-order valence-corrected chi connectivity index (χ3v) is 4.62. The van der Waals surface area contributed by atoms with E-state index in [2.05, 4.69) is 14.1 Å². The molecule has 3 rings (SSSR count). The van der Waals surface area contributed by atoms with Gasteiger partial charge in [-0.25, -0.2) is 4.39 Å². The Morgan fingerprint density at radius 2 is 1.96 bits per heavy atom. The number of carbonyl (C=O) groups excluding carboxylic acids is 2. The van der Waals surface area contributed by atoms with Crippen LogP contribution in [0.25, 0.3) is 11.0 Å². The van der Waals surface area contributed by atoms with Crippen molar-refractivity contribution < 1.29 is 18.7 Å². The number of esters is 1. The smallest absolute Gasteiger partial charge is 0.316 e. The number of rotatable bonds is 6. The van der Waals surface area contributed by atoms with Crippen LogP contribution in [0.2, 0.25) is 0 Å². The second kappa shape index (κ2) is 8.04. The Bertz CT molecular complexity index is 899. The normalized spacial score (nSPS) is 10.6. The fourth-order valence-corrected chi connectivity index (χ4v) is 3.20. The van der Waals surface area contributed by atoms with Crippen LogP contribution in [0.3, 0.4) is 0 Å². The van der Waals surface area contributed by atoms with Gasteiger partial charge in [0.1, 0.15) is 16.9 Å². The molecule has 1 N–H and O–H groups in total. The summed E-state index contributed by atoms with van der Waals surface area (Å²) < 4.78 is 25.9. The van der Waals surface area contributed by atoms with Gasteiger partial charge in [0, 0.05) is 4.90 Å². The summed E-state index contributed by atoms with van der Waals surface area (Å²) in [6.07, 6.45) is 0. The number of halogens is 1. The lowest BCUT2D eigenvalue weighted by atomic mass is 10.2. The summed E-state index contributed by atoms with van der Waals surface area (Å²) in [6.45, 7) is -0.392. The van der Waals surface area contributed by atoms with Gasteiger partial charge in [0.05, 0.1) is 23.2 Å². The van der Waals surface area contributed by atoms with E-state index in [1.165, 1.54) is 23.9 Å². The molecule has 0 fully saturated rings. The van der Waals surface area contributed by atoms with Gasteiger partial charge in [-0.2, -0.15) is 8.75 Å². The Hall–Kier alpha value is -2.52. The maximum absolute atomic E-state index is 12.8. The lowest BCUT2D eigenvalue weighted by Gasteiger charge is -2.07. The van der Waals surface area contributed by atoms with E-state index < -0.39 is 18.5 Å². The van der Waals surface area contributed by atoms with E-state index >= 15 is 0 Å². The molecule has 0 radical (unpaired) electrons. The highest BCUT2D eigenvalue weighted by atomic mass is 32.2. The summed E-state index contributed by atoms with van der Waals surface area (Å²) in [5.74, 6) is -1.29. The number of amides is 1. The highest BCUT2D eigenvalue weighted by molar-refractivity contribution is 8.00. The Labute approximate surface area is 150 Å². The predicted molar refractivity (Wildman–Crippen MR) is 94.1 cm³/mol. The average Bonchev–Trinajstić information content (AvgIpc) is 3.09. The highest BCUT2D eigenvalue weighted by Gasteiger charge is 2.11. The first-order valence-corrected chi connectivity index (χ1v) is 8.88. The quantitative estimate of drug-likeness (QED) is 0.525. The molecule has 1 heterocycles. The number of carbonyl (C=O) groups is 2. The number of nitrogens with zero attached hydrogens (tertiary/aromatic N) is 2. The van der Waals surface area contributed by atoms with Gasteiger partial charge in [-0.3, -0.25) is 9.59 Å². The Morgan fingerprint density at radius 1 is 1.16 bits per heavy atom. The van der Waals surface area contributed by atoms with Crippen LogP contribution in [0.15, 0.2) is 47.4 Å². The van der Waals surface area contributed by atoms with E-state index in [0.29, 0.717) is 16.7 Å². The molecule has 2 aromatic carbocycles. The number of nitrogens with one attached hydrogen (secondary N) is 1. The topological polar surface area (TPSA) is 81.2 Å². The van der Waals surface area contributed by atoms with Crippen LogP contribution in [-0.4, -0.2) is 33.0 Å². The van der Waals surface area contributed by atoms with Crippen LogP contribution in [-0.2, 0) is 14.3 Å². The number of anilines is 1. The zero-order valence-electron chi connectivity index (χ0n) is 12.8. The Balaban J connectivity index is 1.46. The lowest BCUT2D eigenvalue weighted by Crippen LogP contribution is -2.21. The number of benzene rings is 2. The van der Waals surface area contributed by atoms with Crippen molar-refractivity contribution in [3.05, 3.63) is 48.3 Å². The first kappa shape index (κ1) is 17.3. The minimum atomic E-state index is -0.530. The van der Waals surface area contributed by atoms with Gasteiger partial charge in [-0.1, -0.05) is 6.07 Å². The molecule has 128 valence electrons. The first-order valence-electron chi connectivity index (χ1n) is 7.17. The second-order valence-electron chi connectivity index (χ2n) is 4.89. The number of ether oxygens (including phenoxy) is 1. The average molecular weight is 377 g/mol. The largest absolute Gasteiger partial charge is 0.455 e. The van der Waals surface area contributed by atoms with Crippen molar-refractivity contribution in [2.75, 3.05) is 17.7 Å². The van der Waals surface area contributed by atoms with Gasteiger partial charge in [0.15, 0.2) is 6.61 Å². The molecule has 0 aliphatic carbocycles. The molecule has 0 aliphatic rings. The summed E-state index contributed by atoms with van der Waals surface area (Å²) in [5.41, 5.74) is 1.81. The van der Waals surface area contributed by atoms with E-state index in [1.54, 1.807) is 30.3 Å². The SMILES string of the molecule is O=C(COC(=O)CSc1ccc(F)cc1)Nc1cccc2nsnc12. The summed E-state index contributed by atoms with van der Waals surface area (Å²) in [7, 11) is 0. The van der Waals surface area contributed by atoms with Crippen LogP contribution in [0.4, 0.5) is 10.1 Å². The molecule has 0 atom stereocenters. The molecule has 25 heavy (non-hydrogen) atoms. The standard InChI is InChI=1S/C16H12FN3O3S2/c17-10-4-6-11(7-5-10)24-9-15(22)23-8-14(21)18-12-2-1-3-13-16(12)20-25-19-13/h1-7H,8-9H2,(H,18,21). The van der Waals surface area contributed by atoms with Gasteiger partial charge in [-0.15, -0.1) is 11.8 Å². The zero-order chi connectivity index (χ0) is 17.6. The fraction of sp³-hybridized carbons (Fsp3) is 0.125. The molecule has 3 aromatic rings. The number of hydrogen-bond acceptors (Lipinski definition) is 7. The van der Waals surface area contributed by atoms with Crippen molar-refractivity contribution in [3.63, 3.8) is 0 Å². The molecule has 0 saturated heterocycles. The minimum Gasteiger partial charge on any atom is -0.455 e. The van der Waals surface area contributed by atoms with Gasteiger partial charge < -0.3 is 10.1 Å². The molecule has 0 spiro atoms. The molecule has 9 heteroatoms. The lowest BCUT2D eigenvalue weighted by molar-refractivity contribution is -0.144. The molecule has 1 aromatic heterocycles. The molecule has 6 nitrogen and oxygen atoms in total. The summed E-state index contributed by atoms with van der Waals surface area (Å²) in [4.78, 5) is 24.3. The molecule has 0 unspecified atom stereocenters. The predicted octanol–water partition coefficient (Wildman–Crippen LogP) is 3.10. The minimum absolute atomic E-state index is 0.0322. The molecule has 0 saturated carbocycles. The van der Waals surface area contributed by atoms with E-state index in [0.717, 1.165) is 16.6 Å². The third-order valence-electron chi connectivity index (χ3n) is 3.09. The van der Waals surface area contributed by atoms with Gasteiger partial charge in [0.25, 0.3) is 5.91 Å². The zero-order valence-corrected chi connectivity index (χ0v) is 14.4. The first-order chi connectivity index (χ1) is 12.1. The van der Waals surface area contributed by atoms with Crippen molar-refractivity contribution in [1.29, 1.82) is 0 Å². The van der Waals surface area contributed by atoms with Crippen LogP contribution in [0.1, 0.15) is 0 Å². The number of fused-ring (bicyclic) bond motifs is 1. The third kappa shape index (κ3) is 4.74. The van der Waals surface area contributed by atoms with Gasteiger partial charge in [0.2, 0.25) is 0 Å². The highest BCUT2D eigenvalue weighted by Crippen LogP contribution is 2.21. The van der Waals surface area contributed by atoms with E-state index in [4.69, 9.17) is 4.74 Å². The maximum atomic E-state index is 12.8. The van der Waals surface area contributed by atoms with Crippen LogP contribution in [0, 0.1) is 5.82 Å². The molecular formula is C16H12FN3O3S2. The molecule has 1 amide bonds.